The SMILES string of the molecule is CN/C=C\C(N)=NC(=O)c1cc(Br)cc(Oc2cnc(N(CC3CC3)C(=O)C3CCOCC3)cn2)c1. The third kappa shape index (κ3) is 7.11. The summed E-state index contributed by atoms with van der Waals surface area (Å²) in [6.45, 7) is 1.86. The van der Waals surface area contributed by atoms with E-state index in [-0.39, 0.29) is 23.5 Å². The summed E-state index contributed by atoms with van der Waals surface area (Å²) >= 11 is 3.39. The number of aromatic nitrogens is 2. The monoisotopic (exact) mass is 556 g/mol. The van der Waals surface area contributed by atoms with Crippen molar-refractivity contribution in [3.05, 3.63) is 52.9 Å². The van der Waals surface area contributed by atoms with E-state index in [0.29, 0.717) is 47.3 Å². The lowest BCUT2D eigenvalue weighted by Gasteiger charge is -2.28. The molecule has 4 rings (SSSR count). The summed E-state index contributed by atoms with van der Waals surface area (Å²) < 4.78 is 11.9. The van der Waals surface area contributed by atoms with Crippen LogP contribution in [0.15, 0.2) is 52.3 Å². The number of hydrogen-bond acceptors (Lipinski definition) is 7. The molecule has 190 valence electrons. The lowest BCUT2D eigenvalue weighted by molar-refractivity contribution is -0.125. The van der Waals surface area contributed by atoms with Crippen LogP contribution in [-0.4, -0.2) is 54.4 Å². The average Bonchev–Trinajstić information content (AvgIpc) is 3.71. The van der Waals surface area contributed by atoms with Gasteiger partial charge in [-0.05, 0) is 62.1 Å². The van der Waals surface area contributed by atoms with Crippen LogP contribution in [0, 0.1) is 11.8 Å². The summed E-state index contributed by atoms with van der Waals surface area (Å²) in [6.07, 6.45) is 9.79. The van der Waals surface area contributed by atoms with Gasteiger partial charge in [-0.2, -0.15) is 4.99 Å². The number of anilines is 1. The van der Waals surface area contributed by atoms with Gasteiger partial charge in [0.25, 0.3) is 5.91 Å². The first kappa shape index (κ1) is 25.8. The Labute approximate surface area is 218 Å². The molecular weight excluding hydrogens is 528 g/mol. The molecule has 0 bridgehead atoms. The second kappa shape index (κ2) is 12.1. The number of ether oxygens (including phenoxy) is 2. The predicted molar refractivity (Wildman–Crippen MR) is 139 cm³/mol. The Kier molecular flexibility index (Phi) is 8.65. The smallest absolute Gasteiger partial charge is 0.279 e. The van der Waals surface area contributed by atoms with Gasteiger partial charge in [0.2, 0.25) is 11.8 Å². The number of benzene rings is 1. The maximum Gasteiger partial charge on any atom is 0.279 e. The number of amides is 2. The number of halogens is 1. The Morgan fingerprint density at radius 1 is 1.22 bits per heavy atom. The Hall–Kier alpha value is -3.31. The average molecular weight is 557 g/mol. The highest BCUT2D eigenvalue weighted by Crippen LogP contribution is 2.33. The molecule has 2 aromatic rings. The van der Waals surface area contributed by atoms with E-state index < -0.39 is 5.91 Å². The topological polar surface area (TPSA) is 132 Å². The van der Waals surface area contributed by atoms with Crippen LogP contribution in [0.2, 0.25) is 0 Å². The number of nitrogens with zero attached hydrogens (tertiary/aromatic N) is 4. The van der Waals surface area contributed by atoms with E-state index in [0.717, 1.165) is 25.7 Å². The van der Waals surface area contributed by atoms with Gasteiger partial charge in [0.05, 0.1) is 12.4 Å². The number of aliphatic imine (C=N–C) groups is 1. The zero-order chi connectivity index (χ0) is 25.5. The van der Waals surface area contributed by atoms with E-state index in [1.54, 1.807) is 42.5 Å². The Morgan fingerprint density at radius 3 is 2.67 bits per heavy atom. The highest BCUT2D eigenvalue weighted by Gasteiger charge is 2.33. The third-order valence-electron chi connectivity index (χ3n) is 5.86. The first-order chi connectivity index (χ1) is 17.4. The van der Waals surface area contributed by atoms with Gasteiger partial charge < -0.3 is 20.5 Å². The fraction of sp³-hybridized carbons (Fsp3) is 0.400. The Balaban J connectivity index is 1.48. The molecule has 36 heavy (non-hydrogen) atoms. The minimum Gasteiger partial charge on any atom is -0.437 e. The zero-order valence-corrected chi connectivity index (χ0v) is 21.6. The minimum atomic E-state index is -0.511. The van der Waals surface area contributed by atoms with Gasteiger partial charge in [-0.1, -0.05) is 15.9 Å². The fourth-order valence-electron chi connectivity index (χ4n) is 3.78. The van der Waals surface area contributed by atoms with Crippen molar-refractivity contribution < 1.29 is 19.1 Å². The van der Waals surface area contributed by atoms with Gasteiger partial charge in [-0.15, -0.1) is 0 Å². The largest absolute Gasteiger partial charge is 0.437 e. The van der Waals surface area contributed by atoms with Crippen molar-refractivity contribution in [1.29, 1.82) is 0 Å². The number of rotatable bonds is 9. The van der Waals surface area contributed by atoms with Crippen molar-refractivity contribution in [3.8, 4) is 11.6 Å². The number of nitrogens with two attached hydrogens (primary N) is 1. The highest BCUT2D eigenvalue weighted by atomic mass is 79.9. The summed E-state index contributed by atoms with van der Waals surface area (Å²) in [6, 6.07) is 4.88. The molecular formula is C25H29BrN6O4. The number of nitrogens with one attached hydrogen (secondary N) is 1. The van der Waals surface area contributed by atoms with Gasteiger partial charge in [0, 0.05) is 42.8 Å². The second-order valence-electron chi connectivity index (χ2n) is 8.73. The van der Waals surface area contributed by atoms with Crippen LogP contribution in [0.25, 0.3) is 0 Å². The van der Waals surface area contributed by atoms with Crippen LogP contribution in [-0.2, 0) is 9.53 Å². The summed E-state index contributed by atoms with van der Waals surface area (Å²) in [5, 5.41) is 2.78. The van der Waals surface area contributed by atoms with Gasteiger partial charge in [-0.25, -0.2) is 9.97 Å². The molecule has 2 amide bonds. The molecule has 2 heterocycles. The number of carbonyl (C=O) groups is 2. The van der Waals surface area contributed by atoms with E-state index in [4.69, 9.17) is 15.2 Å². The summed E-state index contributed by atoms with van der Waals surface area (Å²) in [5.41, 5.74) is 6.04. The minimum absolute atomic E-state index is 0.0572. The molecule has 10 nitrogen and oxygen atoms in total. The first-order valence-corrected chi connectivity index (χ1v) is 12.6. The third-order valence-corrected chi connectivity index (χ3v) is 6.32. The van der Waals surface area contributed by atoms with Crippen LogP contribution in [0.1, 0.15) is 36.0 Å². The standard InChI is InChI=1S/C25H29BrN6O4/c1-28-7-4-21(27)31-24(33)18-10-19(26)12-20(11-18)36-23-14-29-22(13-30-23)32(15-16-2-3-16)25(34)17-5-8-35-9-6-17/h4,7,10-14,16-17,28H,2-3,5-6,8-9,15H2,1H3,(H2,27,31,33)/b7-4-. The van der Waals surface area contributed by atoms with Crippen LogP contribution in [0.4, 0.5) is 5.82 Å². The Bertz CT molecular complexity index is 1140. The first-order valence-electron chi connectivity index (χ1n) is 11.8. The summed E-state index contributed by atoms with van der Waals surface area (Å²) in [4.78, 5) is 40.2. The van der Waals surface area contributed by atoms with Crippen molar-refractivity contribution in [1.82, 2.24) is 15.3 Å². The lowest BCUT2D eigenvalue weighted by atomic mass is 9.98. The number of hydrogen-bond donors (Lipinski definition) is 2. The van der Waals surface area contributed by atoms with Crippen LogP contribution in [0.3, 0.4) is 0 Å². The van der Waals surface area contributed by atoms with Crippen LogP contribution in [0.5, 0.6) is 11.6 Å². The molecule has 0 atom stereocenters. The number of carbonyl (C=O) groups excluding carboxylic acids is 2. The van der Waals surface area contributed by atoms with Crippen molar-refractivity contribution in [2.75, 3.05) is 31.7 Å². The molecule has 1 aromatic carbocycles. The molecule has 1 aliphatic carbocycles. The van der Waals surface area contributed by atoms with Crippen LogP contribution < -0.4 is 20.7 Å². The molecule has 3 N–H and O–H groups in total. The molecule has 0 unspecified atom stereocenters. The van der Waals surface area contributed by atoms with Crippen molar-refractivity contribution in [2.24, 2.45) is 22.6 Å². The van der Waals surface area contributed by atoms with Crippen molar-refractivity contribution >= 4 is 39.4 Å². The molecule has 2 aliphatic rings. The van der Waals surface area contributed by atoms with E-state index in [1.165, 1.54) is 12.3 Å². The van der Waals surface area contributed by atoms with Crippen molar-refractivity contribution in [2.45, 2.75) is 25.7 Å². The molecule has 0 spiro atoms. The maximum absolute atomic E-state index is 13.2. The second-order valence-corrected chi connectivity index (χ2v) is 9.65. The molecule has 2 fully saturated rings. The summed E-state index contributed by atoms with van der Waals surface area (Å²) in [7, 11) is 1.72. The molecule has 1 saturated heterocycles. The van der Waals surface area contributed by atoms with Crippen LogP contribution >= 0.6 is 15.9 Å². The maximum atomic E-state index is 13.2. The Morgan fingerprint density at radius 2 is 2.00 bits per heavy atom. The van der Waals surface area contributed by atoms with E-state index in [9.17, 15) is 9.59 Å². The zero-order valence-electron chi connectivity index (χ0n) is 20.0. The predicted octanol–water partition coefficient (Wildman–Crippen LogP) is 3.43. The van der Waals surface area contributed by atoms with Gasteiger partial charge >= 0.3 is 0 Å². The number of amidine groups is 1. The molecule has 11 heteroatoms. The van der Waals surface area contributed by atoms with E-state index in [1.807, 2.05) is 0 Å². The lowest BCUT2D eigenvalue weighted by Crippen LogP contribution is -2.40. The summed E-state index contributed by atoms with van der Waals surface area (Å²) in [5.74, 6) is 1.21. The van der Waals surface area contributed by atoms with Crippen molar-refractivity contribution in [3.63, 3.8) is 0 Å². The van der Waals surface area contributed by atoms with Gasteiger partial charge in [0.15, 0.2) is 5.82 Å². The molecule has 1 saturated carbocycles. The highest BCUT2D eigenvalue weighted by molar-refractivity contribution is 9.10. The molecule has 1 aliphatic heterocycles. The normalized spacial score (nSPS) is 16.7. The fourth-order valence-corrected chi connectivity index (χ4v) is 4.25. The van der Waals surface area contributed by atoms with Gasteiger partial charge in [-0.3, -0.25) is 14.5 Å². The molecule has 0 radical (unpaired) electrons. The van der Waals surface area contributed by atoms with Gasteiger partial charge in [0.1, 0.15) is 11.6 Å². The molecule has 1 aromatic heterocycles. The quantitative estimate of drug-likeness (QED) is 0.354. The van der Waals surface area contributed by atoms with E-state index >= 15 is 0 Å². The van der Waals surface area contributed by atoms with E-state index in [2.05, 4.69) is 36.2 Å².